The summed E-state index contributed by atoms with van der Waals surface area (Å²) >= 11 is 4.58. The number of carboxylic acid groups (broad SMARTS) is 1. The third kappa shape index (κ3) is 6.83. The molecule has 0 aromatic rings. The summed E-state index contributed by atoms with van der Waals surface area (Å²) in [6.45, 7) is 0.590. The van der Waals surface area contributed by atoms with Crippen molar-refractivity contribution in [3.05, 3.63) is 0 Å². The molecule has 0 aromatic heterocycles. The maximum atomic E-state index is 10.6. The first-order valence-electron chi connectivity index (χ1n) is 3.97. The zero-order chi connectivity index (χ0) is 10.1. The molecular weight excluding hydrogens is 209 g/mol. The van der Waals surface area contributed by atoms with Crippen molar-refractivity contribution in [2.45, 2.75) is 25.3 Å². The van der Waals surface area contributed by atoms with Crippen LogP contribution in [-0.2, 0) is 16.6 Å². The fourth-order valence-electron chi connectivity index (χ4n) is 0.840. The third-order valence-electron chi connectivity index (χ3n) is 1.51. The molecule has 7 heteroatoms. The molecular formula is C6H14N3O2PS. The van der Waals surface area contributed by atoms with Crippen LogP contribution in [0.3, 0.4) is 0 Å². The molecule has 0 fully saturated rings. The summed E-state index contributed by atoms with van der Waals surface area (Å²) in [5.41, 5.74) is 7.80. The lowest BCUT2D eigenvalue weighted by atomic mass is 10.1. The molecule has 2 unspecified atom stereocenters. The van der Waals surface area contributed by atoms with E-state index in [9.17, 15) is 4.79 Å². The van der Waals surface area contributed by atoms with Crippen LogP contribution in [0, 0.1) is 0 Å². The number of aliphatic carboxylic acids is 1. The van der Waals surface area contributed by atoms with Crippen LogP contribution in [0.5, 0.6) is 0 Å². The number of rotatable bonds is 7. The Morgan fingerprint density at radius 3 is 2.85 bits per heavy atom. The van der Waals surface area contributed by atoms with Gasteiger partial charge in [-0.05, 0) is 37.6 Å². The van der Waals surface area contributed by atoms with Crippen LogP contribution in [0.1, 0.15) is 19.3 Å². The van der Waals surface area contributed by atoms with Gasteiger partial charge in [-0.15, -0.1) is 0 Å². The molecule has 0 aliphatic rings. The summed E-state index contributed by atoms with van der Waals surface area (Å²) in [6.07, 6.45) is 2.16. The second-order valence-electron chi connectivity index (χ2n) is 2.51. The fourth-order valence-corrected chi connectivity index (χ4v) is 1.21. The Morgan fingerprint density at radius 1 is 1.69 bits per heavy atom. The minimum atomic E-state index is -0.894. The zero-order valence-corrected chi connectivity index (χ0v) is 9.01. The molecule has 0 rings (SSSR count). The van der Waals surface area contributed by atoms with Crippen molar-refractivity contribution in [1.82, 2.24) is 5.43 Å². The summed E-state index contributed by atoms with van der Waals surface area (Å²) in [5, 5.41) is 8.71. The smallest absolute Gasteiger partial charge is 0.322 e. The Labute approximate surface area is 83.2 Å². The number of carboxylic acids is 1. The van der Waals surface area contributed by atoms with E-state index in [-0.39, 0.29) is 7.15 Å². The molecule has 4 N–H and O–H groups in total. The van der Waals surface area contributed by atoms with Gasteiger partial charge in [0.15, 0.2) is 0 Å². The van der Waals surface area contributed by atoms with E-state index in [4.69, 9.17) is 10.8 Å². The van der Waals surface area contributed by atoms with Crippen molar-refractivity contribution < 1.29 is 9.90 Å². The van der Waals surface area contributed by atoms with E-state index in [1.54, 1.807) is 0 Å². The Balaban J connectivity index is 3.80. The molecule has 0 aliphatic carbocycles. The number of hydrogen-bond acceptors (Lipinski definition) is 4. The zero-order valence-electron chi connectivity index (χ0n) is 7.19. The molecule has 0 amide bonds. The second kappa shape index (κ2) is 8.31. The average Bonchev–Trinajstić information content (AvgIpc) is 2.10. The maximum Gasteiger partial charge on any atom is 0.322 e. The normalized spacial score (nSPS) is 12.7. The van der Waals surface area contributed by atoms with Gasteiger partial charge < -0.3 is 10.8 Å². The molecule has 13 heavy (non-hydrogen) atoms. The molecule has 0 bridgehead atoms. The highest BCUT2D eigenvalue weighted by molar-refractivity contribution is 7.92. The Bertz CT molecular complexity index is 208. The minimum absolute atomic E-state index is 0.0422. The summed E-state index contributed by atoms with van der Waals surface area (Å²) in [4.78, 5) is 14.3. The van der Waals surface area contributed by atoms with Gasteiger partial charge in [0.25, 0.3) is 0 Å². The molecule has 0 saturated carbocycles. The molecule has 0 spiro atoms. The van der Waals surface area contributed by atoms with Gasteiger partial charge in [0, 0.05) is 7.15 Å². The maximum absolute atomic E-state index is 10.6. The van der Waals surface area contributed by atoms with Crippen LogP contribution >= 0.6 is 7.15 Å². The largest absolute Gasteiger partial charge is 0.480 e. The van der Waals surface area contributed by atoms with Gasteiger partial charge in [0.05, 0.1) is 0 Å². The van der Waals surface area contributed by atoms with Crippen LogP contribution in [0.15, 0.2) is 4.85 Å². The monoisotopic (exact) mass is 223 g/mol. The van der Waals surface area contributed by atoms with Crippen molar-refractivity contribution in [3.8, 4) is 0 Å². The first kappa shape index (κ1) is 12.7. The molecule has 5 nitrogen and oxygen atoms in total. The van der Waals surface area contributed by atoms with Crippen LogP contribution in [0.2, 0.25) is 0 Å². The minimum Gasteiger partial charge on any atom is -0.480 e. The van der Waals surface area contributed by atoms with Gasteiger partial charge in [-0.25, -0.2) is 0 Å². The van der Waals surface area contributed by atoms with Gasteiger partial charge in [-0.3, -0.25) is 4.79 Å². The first-order chi connectivity index (χ1) is 6.22. The highest BCUT2D eigenvalue weighted by Gasteiger charge is 2.14. The van der Waals surface area contributed by atoms with Gasteiger partial charge >= 0.3 is 5.97 Å². The second-order valence-corrected chi connectivity index (χ2v) is 3.46. The number of unbranched alkanes of at least 4 members (excludes halogenated alkanes) is 1. The molecule has 0 heterocycles. The van der Waals surface area contributed by atoms with Crippen LogP contribution < -0.4 is 11.2 Å². The lowest BCUT2D eigenvalue weighted by Crippen LogP contribution is -2.32. The van der Waals surface area contributed by atoms with E-state index >= 15 is 0 Å². The van der Waals surface area contributed by atoms with Crippen molar-refractivity contribution in [2.75, 3.05) is 6.54 Å². The van der Waals surface area contributed by atoms with Gasteiger partial charge in [-0.1, -0.05) is 0 Å². The van der Waals surface area contributed by atoms with Crippen molar-refractivity contribution in [3.63, 3.8) is 0 Å². The fraction of sp³-hybridized carbons (Fsp3) is 0.833. The Morgan fingerprint density at radius 2 is 2.38 bits per heavy atom. The molecule has 0 aliphatic heterocycles. The molecule has 0 radical (unpaired) electrons. The lowest BCUT2D eigenvalue weighted by molar-refractivity contribution is -0.139. The van der Waals surface area contributed by atoms with E-state index < -0.39 is 12.0 Å². The highest BCUT2D eigenvalue weighted by Crippen LogP contribution is 2.01. The van der Waals surface area contributed by atoms with E-state index in [0.29, 0.717) is 13.0 Å². The number of nitrogens with zero attached hydrogens (tertiary/aromatic N) is 1. The molecule has 0 saturated heterocycles. The first-order valence-corrected chi connectivity index (χ1v) is 6.05. The highest BCUT2D eigenvalue weighted by atomic mass is 32.4. The predicted octanol–water partition coefficient (Wildman–Crippen LogP) is 0.397. The summed E-state index contributed by atoms with van der Waals surface area (Å²) in [5.74, 6) is -0.894. The molecule has 0 aromatic carbocycles. The van der Waals surface area contributed by atoms with Crippen LogP contribution in [-0.4, -0.2) is 23.7 Å². The third-order valence-corrected chi connectivity index (χ3v) is 2.01. The van der Waals surface area contributed by atoms with Gasteiger partial charge in [0.1, 0.15) is 6.04 Å². The quantitative estimate of drug-likeness (QED) is 0.330. The SMILES string of the molecule is NCCCCC(NN=[PH]=S)C(=O)O. The van der Waals surface area contributed by atoms with E-state index in [1.165, 1.54) is 0 Å². The average molecular weight is 223 g/mol. The standard InChI is InChI=1S/C6H14N3O2PS/c7-4-2-1-3-5(6(10)11)8-9-12-13/h5,8,12H,1-4,7H2,(H,10,11). The van der Waals surface area contributed by atoms with Gasteiger partial charge in [-0.2, -0.15) is 10.3 Å². The molecule has 2 atom stereocenters. The van der Waals surface area contributed by atoms with Crippen molar-refractivity contribution >= 4 is 24.9 Å². The van der Waals surface area contributed by atoms with Crippen molar-refractivity contribution in [2.24, 2.45) is 10.6 Å². The summed E-state index contributed by atoms with van der Waals surface area (Å²) in [6, 6.07) is -0.623. The summed E-state index contributed by atoms with van der Waals surface area (Å²) < 4.78 is 0. The van der Waals surface area contributed by atoms with E-state index in [2.05, 4.69) is 22.1 Å². The predicted molar refractivity (Wildman–Crippen MR) is 55.6 cm³/mol. The topological polar surface area (TPSA) is 87.7 Å². The van der Waals surface area contributed by atoms with E-state index in [1.807, 2.05) is 0 Å². The lowest BCUT2D eigenvalue weighted by Gasteiger charge is -2.08. The molecule has 76 valence electrons. The summed E-state index contributed by atoms with van der Waals surface area (Å²) in [7, 11) is -0.0422. The van der Waals surface area contributed by atoms with Crippen molar-refractivity contribution in [1.29, 1.82) is 0 Å². The number of carbonyl (C=O) groups is 1. The number of nitrogens with two attached hydrogens (primary N) is 1. The van der Waals surface area contributed by atoms with E-state index in [0.717, 1.165) is 12.8 Å². The van der Waals surface area contributed by atoms with Gasteiger partial charge in [0.2, 0.25) is 0 Å². The number of hydrogen-bond donors (Lipinski definition) is 3. The van der Waals surface area contributed by atoms with Crippen LogP contribution in [0.25, 0.3) is 0 Å². The number of nitrogens with one attached hydrogen (secondary N) is 1. The Kier molecular flexibility index (Phi) is 8.13. The Hall–Kier alpha value is -0.290. The van der Waals surface area contributed by atoms with Crippen LogP contribution in [0.4, 0.5) is 0 Å².